The van der Waals surface area contributed by atoms with Gasteiger partial charge in [-0.05, 0) is 63.2 Å². The van der Waals surface area contributed by atoms with Crippen LogP contribution in [0.5, 0.6) is 5.75 Å². The first kappa shape index (κ1) is 51.5. The molecule has 0 saturated carbocycles. The highest BCUT2D eigenvalue weighted by Crippen LogP contribution is 2.43. The number of carbonyl (C=O) groups excluding carboxylic acids is 4. The van der Waals surface area contributed by atoms with Gasteiger partial charge in [0.2, 0.25) is 0 Å². The Morgan fingerprint density at radius 1 is 0.688 bits per heavy atom. The lowest BCUT2D eigenvalue weighted by Gasteiger charge is -2.49. The number of carbonyl (C=O) groups is 4. The summed E-state index contributed by atoms with van der Waals surface area (Å²) >= 11 is 2.60. The fourth-order valence-corrected chi connectivity index (χ4v) is 11.2. The molecule has 0 spiro atoms. The molecule has 3 heterocycles. The third kappa shape index (κ3) is 11.2. The molecule has 10 rings (SSSR count). The Bertz CT molecular complexity index is 3270. The van der Waals surface area contributed by atoms with Crippen molar-refractivity contribution in [2.24, 2.45) is 5.16 Å². The van der Waals surface area contributed by atoms with Crippen molar-refractivity contribution in [1.82, 2.24) is 15.2 Å². The van der Waals surface area contributed by atoms with Crippen LogP contribution in [0.1, 0.15) is 61.1 Å². The Morgan fingerprint density at radius 2 is 1.22 bits per heavy atom. The highest BCUT2D eigenvalue weighted by atomic mass is 32.2. The molecule has 14 nitrogen and oxygen atoms in total. The van der Waals surface area contributed by atoms with Crippen LogP contribution < -0.4 is 15.4 Å². The maximum atomic E-state index is 14.3. The number of methoxy groups -OCH3 is 1. The first-order chi connectivity index (χ1) is 37.7. The van der Waals surface area contributed by atoms with E-state index in [1.165, 1.54) is 35.1 Å². The lowest BCUT2D eigenvalue weighted by Crippen LogP contribution is -2.71. The number of ether oxygens (including phenoxy) is 4. The molecule has 2 N–H and O–H groups in total. The summed E-state index contributed by atoms with van der Waals surface area (Å²) in [6.45, 7) is -0.106. The summed E-state index contributed by atoms with van der Waals surface area (Å²) in [5.74, 6) is -1.55. The van der Waals surface area contributed by atoms with Gasteiger partial charge in [0, 0.05) is 5.38 Å². The quantitative estimate of drug-likeness (QED) is 0.0244. The van der Waals surface area contributed by atoms with Crippen molar-refractivity contribution < 1.29 is 43.0 Å². The third-order valence-electron chi connectivity index (χ3n) is 13.0. The highest BCUT2D eigenvalue weighted by Gasteiger charge is 2.55. The fraction of sp³-hybridized carbons (Fsp3) is 0.148. The fourth-order valence-electron chi connectivity index (χ4n) is 9.18. The molecule has 2 atom stereocenters. The molecule has 7 aromatic carbocycles. The number of thioether (sulfide) groups is 1. The summed E-state index contributed by atoms with van der Waals surface area (Å²) in [6.07, 6.45) is -0.616. The maximum absolute atomic E-state index is 14.3. The van der Waals surface area contributed by atoms with Crippen LogP contribution in [0.2, 0.25) is 0 Å². The first-order valence-electron chi connectivity index (χ1n) is 24.6. The second-order valence-electron chi connectivity index (χ2n) is 17.8. The third-order valence-corrected chi connectivity index (χ3v) is 15.0. The number of hydrogen-bond acceptors (Lipinski definition) is 14. The van der Waals surface area contributed by atoms with Gasteiger partial charge in [-0.3, -0.25) is 14.5 Å². The van der Waals surface area contributed by atoms with Gasteiger partial charge in [-0.15, -0.1) is 23.1 Å². The van der Waals surface area contributed by atoms with E-state index < -0.39 is 46.8 Å². The topological polar surface area (TPSA) is 167 Å². The summed E-state index contributed by atoms with van der Waals surface area (Å²) in [5.41, 5.74) is 5.38. The van der Waals surface area contributed by atoms with E-state index >= 15 is 0 Å². The average molecular weight is 1060 g/mol. The number of hydrogen-bond donors (Lipinski definition) is 2. The molecule has 1 fully saturated rings. The Labute approximate surface area is 453 Å². The number of thiazole rings is 1. The van der Waals surface area contributed by atoms with Gasteiger partial charge in [-0.25, -0.2) is 14.6 Å². The van der Waals surface area contributed by atoms with Gasteiger partial charge in [-0.2, -0.15) is 0 Å². The SMILES string of the molecule is CO/N=C(\C(=O)N[C@@H]1C(=O)N2C(C(=O)OCc3ccc(OC)cc3)=C(OCc3ccc(C(=O)OC(c4ccccc4)c4ccccc4)cc3)CS[C@@H]12)c1csc(NC(c2ccccc2)(c2ccccc2)c2ccccc2)n1. The van der Waals surface area contributed by atoms with E-state index in [9.17, 15) is 19.2 Å². The number of esters is 2. The predicted octanol–water partition coefficient (Wildman–Crippen LogP) is 10.4. The number of fused-ring (bicyclic) bond motifs is 1. The number of benzene rings is 7. The van der Waals surface area contributed by atoms with E-state index in [1.54, 1.807) is 61.0 Å². The summed E-state index contributed by atoms with van der Waals surface area (Å²) < 4.78 is 23.5. The number of oxime groups is 1. The molecule has 1 saturated heterocycles. The van der Waals surface area contributed by atoms with Crippen LogP contribution >= 0.6 is 23.1 Å². The minimum Gasteiger partial charge on any atom is -0.497 e. The van der Waals surface area contributed by atoms with Crippen LogP contribution in [0.15, 0.2) is 222 Å². The van der Waals surface area contributed by atoms with Crippen molar-refractivity contribution >= 4 is 57.7 Å². The van der Waals surface area contributed by atoms with Gasteiger partial charge in [0.15, 0.2) is 22.6 Å². The molecule has 2 aliphatic rings. The molecule has 77 heavy (non-hydrogen) atoms. The van der Waals surface area contributed by atoms with E-state index in [4.69, 9.17) is 28.8 Å². The monoisotopic (exact) mass is 1060 g/mol. The Balaban J connectivity index is 0.861. The van der Waals surface area contributed by atoms with Crippen molar-refractivity contribution in [1.29, 1.82) is 0 Å². The molecule has 2 aliphatic heterocycles. The first-order valence-corrected chi connectivity index (χ1v) is 26.5. The minimum atomic E-state index is -1.06. The second kappa shape index (κ2) is 23.7. The largest absolute Gasteiger partial charge is 0.497 e. The van der Waals surface area contributed by atoms with Crippen LogP contribution in [-0.2, 0) is 52.2 Å². The zero-order chi connectivity index (χ0) is 53.1. The summed E-state index contributed by atoms with van der Waals surface area (Å²) in [7, 11) is 2.88. The van der Waals surface area contributed by atoms with Crippen LogP contribution in [0.3, 0.4) is 0 Å². The van der Waals surface area contributed by atoms with Crippen molar-refractivity contribution in [2.75, 3.05) is 25.3 Å². The lowest BCUT2D eigenvalue weighted by molar-refractivity contribution is -0.153. The van der Waals surface area contributed by atoms with Crippen molar-refractivity contribution in [3.8, 4) is 5.75 Å². The van der Waals surface area contributed by atoms with Crippen LogP contribution in [0, 0.1) is 0 Å². The van der Waals surface area contributed by atoms with Crippen molar-refractivity contribution in [3.63, 3.8) is 0 Å². The van der Waals surface area contributed by atoms with Crippen LogP contribution in [-0.4, -0.2) is 70.7 Å². The van der Waals surface area contributed by atoms with E-state index in [2.05, 4.69) is 52.2 Å². The molecule has 16 heteroatoms. The Kier molecular flexibility index (Phi) is 15.8. The van der Waals surface area contributed by atoms with Crippen LogP contribution in [0.25, 0.3) is 0 Å². The molecule has 0 unspecified atom stereocenters. The second-order valence-corrected chi connectivity index (χ2v) is 19.7. The Morgan fingerprint density at radius 3 is 1.77 bits per heavy atom. The van der Waals surface area contributed by atoms with Gasteiger partial charge >= 0.3 is 11.9 Å². The van der Waals surface area contributed by atoms with Gasteiger partial charge in [0.05, 0.1) is 18.4 Å². The van der Waals surface area contributed by atoms with E-state index in [-0.39, 0.29) is 41.8 Å². The van der Waals surface area contributed by atoms with Gasteiger partial charge in [0.25, 0.3) is 11.8 Å². The number of aromatic nitrogens is 1. The predicted molar refractivity (Wildman–Crippen MR) is 295 cm³/mol. The zero-order valence-electron chi connectivity index (χ0n) is 41.8. The molecule has 8 aromatic rings. The molecular weight excluding hydrogens is 1010 g/mol. The molecule has 1 aromatic heterocycles. The summed E-state index contributed by atoms with van der Waals surface area (Å²) in [5, 5.41) is 12.2. The molecule has 0 aliphatic carbocycles. The van der Waals surface area contributed by atoms with Gasteiger partial charge < -0.3 is 34.4 Å². The van der Waals surface area contributed by atoms with E-state index in [0.29, 0.717) is 27.6 Å². The lowest BCUT2D eigenvalue weighted by atomic mass is 9.77. The van der Waals surface area contributed by atoms with E-state index in [0.717, 1.165) is 27.8 Å². The molecule has 0 bridgehead atoms. The number of anilines is 1. The molecule has 2 amide bonds. The summed E-state index contributed by atoms with van der Waals surface area (Å²) in [6, 6.07) is 62.0. The Hall–Kier alpha value is -8.99. The van der Waals surface area contributed by atoms with Gasteiger partial charge in [-0.1, -0.05) is 181 Å². The number of nitrogens with one attached hydrogen (secondary N) is 2. The molecule has 386 valence electrons. The summed E-state index contributed by atoms with van der Waals surface area (Å²) in [4.78, 5) is 67.7. The molecule has 0 radical (unpaired) electrons. The highest BCUT2D eigenvalue weighted by molar-refractivity contribution is 8.00. The minimum absolute atomic E-state index is 0.00546. The normalized spacial score (nSPS) is 15.2. The smallest absolute Gasteiger partial charge is 0.358 e. The number of nitrogens with zero attached hydrogens (tertiary/aromatic N) is 3. The average Bonchev–Trinajstić information content (AvgIpc) is 4.04. The maximum Gasteiger partial charge on any atom is 0.358 e. The number of β-lactam (4-membered cyclic amide) rings is 1. The van der Waals surface area contributed by atoms with Crippen molar-refractivity contribution in [3.05, 3.63) is 267 Å². The zero-order valence-corrected chi connectivity index (χ0v) is 43.4. The molecular formula is C61H51N5O9S2. The number of amides is 2. The van der Waals surface area contributed by atoms with Crippen molar-refractivity contribution in [2.45, 2.75) is 36.3 Å². The van der Waals surface area contributed by atoms with Gasteiger partial charge in [0.1, 0.15) is 54.5 Å². The standard InChI is InChI=1S/C61H51N5O9S2/c1-71-48-34-30-41(31-35-48)37-74-59(70)53-50(73-36-40-28-32-44(33-29-40)58(69)75-54(42-18-8-3-9-19-42)43-20-10-4-11-21-43)39-76-57-52(56(68)66(53)57)63-55(67)51(65-72-2)49-38-77-60(62-49)64-61(45-22-12-5-13-23-45,46-24-14-6-15-25-46)47-26-16-7-17-27-47/h3-35,38,52,54,57H,36-37,39H2,1-2H3,(H,62,64)(H,63,67)/b65-51-/t52-,57+/m1/s1. The van der Waals surface area contributed by atoms with Crippen LogP contribution in [0.4, 0.5) is 5.13 Å². The number of rotatable bonds is 20. The van der Waals surface area contributed by atoms with E-state index in [1.807, 2.05) is 115 Å².